The number of phenols is 1. The van der Waals surface area contributed by atoms with Crippen molar-refractivity contribution >= 4 is 28.3 Å². The van der Waals surface area contributed by atoms with Crippen LogP contribution in [0.15, 0.2) is 22.7 Å². The van der Waals surface area contributed by atoms with E-state index in [4.69, 9.17) is 0 Å². The highest BCUT2D eigenvalue weighted by Gasteiger charge is 2.23. The molecule has 1 fully saturated rings. The van der Waals surface area contributed by atoms with Crippen LogP contribution in [0, 0.1) is 0 Å². The van der Waals surface area contributed by atoms with Gasteiger partial charge in [0.25, 0.3) is 0 Å². The van der Waals surface area contributed by atoms with E-state index in [1.165, 1.54) is 0 Å². The third-order valence-corrected chi connectivity index (χ3v) is 3.61. The van der Waals surface area contributed by atoms with Gasteiger partial charge in [0, 0.05) is 36.2 Å². The molecule has 1 heterocycles. The lowest BCUT2D eigenvalue weighted by molar-refractivity contribution is 0.109. The molecule has 0 aliphatic carbocycles. The number of rotatable bonds is 3. The van der Waals surface area contributed by atoms with Crippen LogP contribution in [0.3, 0.4) is 0 Å². The second-order valence-corrected chi connectivity index (χ2v) is 5.10. The number of phenolic OH excluding ortho intramolecular Hbond substituents is 1. The topological polar surface area (TPSA) is 55.7 Å². The maximum absolute atomic E-state index is 9.94. The summed E-state index contributed by atoms with van der Waals surface area (Å²) < 4.78 is 0.843. The average molecular weight is 338 g/mol. The minimum absolute atomic E-state index is 0. The molecule has 0 bridgehead atoms. The van der Waals surface area contributed by atoms with E-state index in [1.54, 1.807) is 6.07 Å². The van der Waals surface area contributed by atoms with Crippen LogP contribution in [0.25, 0.3) is 0 Å². The largest absolute Gasteiger partial charge is 0.508 e. The Morgan fingerprint density at radius 1 is 1.33 bits per heavy atom. The van der Waals surface area contributed by atoms with Crippen molar-refractivity contribution in [3.63, 3.8) is 0 Å². The normalized spacial score (nSPS) is 18.1. The van der Waals surface area contributed by atoms with E-state index in [0.29, 0.717) is 0 Å². The van der Waals surface area contributed by atoms with Crippen molar-refractivity contribution in [1.82, 2.24) is 10.2 Å². The van der Waals surface area contributed by atoms with Crippen molar-refractivity contribution in [2.75, 3.05) is 32.8 Å². The summed E-state index contributed by atoms with van der Waals surface area (Å²) >= 11 is 3.32. The van der Waals surface area contributed by atoms with E-state index in [1.807, 2.05) is 12.1 Å². The molecule has 18 heavy (non-hydrogen) atoms. The van der Waals surface area contributed by atoms with Crippen molar-refractivity contribution in [3.8, 4) is 5.75 Å². The van der Waals surface area contributed by atoms with Gasteiger partial charge in [-0.3, -0.25) is 4.90 Å². The van der Waals surface area contributed by atoms with Crippen molar-refractivity contribution in [3.05, 3.63) is 28.2 Å². The molecule has 6 heteroatoms. The standard InChI is InChI=1S/C12H17BrN2O2.ClH/c13-9-1-2-10(12(17)7-9)11(8-16)15-5-3-14-4-6-15;/h1-2,7,11,14,16-17H,3-6,8H2;1H/t11-;/m1./s1. The molecule has 0 spiro atoms. The van der Waals surface area contributed by atoms with Gasteiger partial charge in [0.1, 0.15) is 5.75 Å². The van der Waals surface area contributed by atoms with E-state index in [-0.39, 0.29) is 30.8 Å². The molecule has 3 N–H and O–H groups in total. The maximum atomic E-state index is 9.94. The zero-order chi connectivity index (χ0) is 12.3. The first-order valence-electron chi connectivity index (χ1n) is 5.76. The van der Waals surface area contributed by atoms with Crippen LogP contribution in [-0.4, -0.2) is 47.9 Å². The number of hydrogen-bond donors (Lipinski definition) is 3. The lowest BCUT2D eigenvalue weighted by atomic mass is 10.0. The number of aromatic hydroxyl groups is 1. The van der Waals surface area contributed by atoms with Crippen LogP contribution in [0.1, 0.15) is 11.6 Å². The molecule has 0 aromatic heterocycles. The van der Waals surface area contributed by atoms with E-state index < -0.39 is 0 Å². The summed E-state index contributed by atoms with van der Waals surface area (Å²) in [5.41, 5.74) is 0.789. The zero-order valence-corrected chi connectivity index (χ0v) is 12.4. The number of aliphatic hydroxyl groups is 1. The molecule has 1 atom stereocenters. The number of aliphatic hydroxyl groups excluding tert-OH is 1. The number of hydrogen-bond acceptors (Lipinski definition) is 4. The molecular formula is C12H18BrClN2O2. The Kier molecular flexibility index (Phi) is 6.38. The van der Waals surface area contributed by atoms with Crippen molar-refractivity contribution in [1.29, 1.82) is 0 Å². The van der Waals surface area contributed by atoms with Crippen LogP contribution in [0.2, 0.25) is 0 Å². The van der Waals surface area contributed by atoms with Gasteiger partial charge in [-0.05, 0) is 12.1 Å². The first-order valence-corrected chi connectivity index (χ1v) is 6.55. The number of benzene rings is 1. The molecule has 102 valence electrons. The summed E-state index contributed by atoms with van der Waals surface area (Å²) in [7, 11) is 0. The predicted octanol–water partition coefficient (Wildman–Crippen LogP) is 1.52. The van der Waals surface area contributed by atoms with Crippen LogP contribution in [-0.2, 0) is 0 Å². The molecule has 1 aromatic carbocycles. The first kappa shape index (κ1) is 15.7. The van der Waals surface area contributed by atoms with Crippen LogP contribution in [0.5, 0.6) is 5.75 Å². The van der Waals surface area contributed by atoms with Gasteiger partial charge < -0.3 is 15.5 Å². The van der Waals surface area contributed by atoms with E-state index >= 15 is 0 Å². The van der Waals surface area contributed by atoms with Crippen LogP contribution >= 0.6 is 28.3 Å². The number of halogens is 2. The van der Waals surface area contributed by atoms with Gasteiger partial charge in [0.15, 0.2) is 0 Å². The molecule has 0 unspecified atom stereocenters. The van der Waals surface area contributed by atoms with E-state index in [2.05, 4.69) is 26.1 Å². The Hall–Kier alpha value is -0.330. The maximum Gasteiger partial charge on any atom is 0.121 e. The number of piperazine rings is 1. The van der Waals surface area contributed by atoms with Gasteiger partial charge in [-0.15, -0.1) is 12.4 Å². The highest BCUT2D eigenvalue weighted by molar-refractivity contribution is 9.10. The van der Waals surface area contributed by atoms with Crippen molar-refractivity contribution in [2.45, 2.75) is 6.04 Å². The predicted molar refractivity (Wildman–Crippen MR) is 77.3 cm³/mol. The van der Waals surface area contributed by atoms with E-state index in [9.17, 15) is 10.2 Å². The second kappa shape index (κ2) is 7.31. The van der Waals surface area contributed by atoms with Gasteiger partial charge in [0.05, 0.1) is 12.6 Å². The molecule has 0 amide bonds. The van der Waals surface area contributed by atoms with Crippen LogP contribution < -0.4 is 5.32 Å². The van der Waals surface area contributed by atoms with Crippen molar-refractivity contribution in [2.24, 2.45) is 0 Å². The second-order valence-electron chi connectivity index (χ2n) is 4.19. The molecule has 1 aliphatic rings. The quantitative estimate of drug-likeness (QED) is 0.783. The fraction of sp³-hybridized carbons (Fsp3) is 0.500. The summed E-state index contributed by atoms with van der Waals surface area (Å²) in [5, 5.41) is 22.8. The molecule has 0 radical (unpaired) electrons. The Morgan fingerprint density at radius 3 is 2.56 bits per heavy atom. The Bertz CT molecular complexity index is 386. The highest BCUT2D eigenvalue weighted by atomic mass is 79.9. The molecule has 1 saturated heterocycles. The molecule has 4 nitrogen and oxygen atoms in total. The average Bonchev–Trinajstić information content (AvgIpc) is 2.34. The van der Waals surface area contributed by atoms with Gasteiger partial charge in [0.2, 0.25) is 0 Å². The number of nitrogens with zero attached hydrogens (tertiary/aromatic N) is 1. The molecule has 1 aromatic rings. The third-order valence-electron chi connectivity index (χ3n) is 3.12. The molecule has 2 rings (SSSR count). The van der Waals surface area contributed by atoms with Crippen molar-refractivity contribution < 1.29 is 10.2 Å². The van der Waals surface area contributed by atoms with Gasteiger partial charge in [-0.1, -0.05) is 22.0 Å². The van der Waals surface area contributed by atoms with Crippen LogP contribution in [0.4, 0.5) is 0 Å². The summed E-state index contributed by atoms with van der Waals surface area (Å²) in [6.45, 7) is 3.65. The number of nitrogens with one attached hydrogen (secondary N) is 1. The van der Waals surface area contributed by atoms with Gasteiger partial charge >= 0.3 is 0 Å². The molecule has 1 aliphatic heterocycles. The summed E-state index contributed by atoms with van der Waals surface area (Å²) in [5.74, 6) is 0.233. The lowest BCUT2D eigenvalue weighted by Crippen LogP contribution is -2.46. The molecular weight excluding hydrogens is 320 g/mol. The highest BCUT2D eigenvalue weighted by Crippen LogP contribution is 2.30. The molecule has 0 saturated carbocycles. The third kappa shape index (κ3) is 3.59. The van der Waals surface area contributed by atoms with Gasteiger partial charge in [-0.25, -0.2) is 0 Å². The van der Waals surface area contributed by atoms with E-state index in [0.717, 1.165) is 36.2 Å². The Morgan fingerprint density at radius 2 is 2.00 bits per heavy atom. The first-order chi connectivity index (χ1) is 8.22. The SMILES string of the molecule is Cl.OC[C@H](c1ccc(Br)cc1O)N1CCNCC1. The summed E-state index contributed by atoms with van der Waals surface area (Å²) in [6, 6.07) is 5.30. The fourth-order valence-corrected chi connectivity index (χ4v) is 2.55. The monoisotopic (exact) mass is 336 g/mol. The Labute approximate surface area is 122 Å². The minimum atomic E-state index is -0.120. The Balaban J connectivity index is 0.00000162. The summed E-state index contributed by atoms with van der Waals surface area (Å²) in [4.78, 5) is 2.19. The summed E-state index contributed by atoms with van der Waals surface area (Å²) in [6.07, 6.45) is 0. The zero-order valence-electron chi connectivity index (χ0n) is 9.97. The smallest absolute Gasteiger partial charge is 0.121 e. The minimum Gasteiger partial charge on any atom is -0.508 e. The lowest BCUT2D eigenvalue weighted by Gasteiger charge is -2.34. The van der Waals surface area contributed by atoms with Gasteiger partial charge in [-0.2, -0.15) is 0 Å². The fourth-order valence-electron chi connectivity index (χ4n) is 2.20.